The Bertz CT molecular complexity index is 1560. The first-order valence-corrected chi connectivity index (χ1v) is 14.1. The highest BCUT2D eigenvalue weighted by Gasteiger charge is 2.34. The highest BCUT2D eigenvalue weighted by atomic mass is 32.2. The quantitative estimate of drug-likeness (QED) is 0.424. The maximum atomic E-state index is 13.6. The van der Waals surface area contributed by atoms with Gasteiger partial charge in [0.05, 0.1) is 34.8 Å². The van der Waals surface area contributed by atoms with Crippen molar-refractivity contribution in [1.82, 2.24) is 19.6 Å². The first-order valence-electron chi connectivity index (χ1n) is 13.3. The maximum absolute atomic E-state index is 13.6. The fourth-order valence-corrected chi connectivity index (χ4v) is 6.22. The average Bonchev–Trinajstić information content (AvgIpc) is 3.50. The third-order valence-electron chi connectivity index (χ3n) is 7.77. The van der Waals surface area contributed by atoms with Gasteiger partial charge in [-0.05, 0) is 73.9 Å². The Hall–Kier alpha value is -3.64. The number of carbonyl (C=O) groups is 2. The summed E-state index contributed by atoms with van der Waals surface area (Å²) in [6, 6.07) is 9.68. The number of hydrogen-bond acceptors (Lipinski definition) is 6. The molecule has 2 aromatic carbocycles. The number of nitrogens with zero attached hydrogens (tertiary/aromatic N) is 5. The molecule has 0 saturated carbocycles. The number of piperidine rings is 1. The van der Waals surface area contributed by atoms with Crippen LogP contribution in [0.25, 0.3) is 17.0 Å². The zero-order chi connectivity index (χ0) is 29.5. The Kier molecular flexibility index (Phi) is 7.97. The number of amides is 2. The topological polar surface area (TPSA) is 96.8 Å². The standard InChI is InChI=1S/C29H31F3N6O2S/c1-17-4-6-20(23(12-17)29(30,31)32)16-38-24-7-5-19(13-21(24)15-34-38)14-25-27(40)35-28(41-25)36(3)22-8-10-37(11-9-22)18(2)26(33)39/h4-7,12-15,18,22H,8-11,16H2,1-3H3,(H2,33,39)/b25-14-. The van der Waals surface area contributed by atoms with E-state index in [0.717, 1.165) is 42.9 Å². The molecule has 8 nitrogen and oxygen atoms in total. The number of halogens is 3. The second-order valence-electron chi connectivity index (χ2n) is 10.5. The molecule has 0 spiro atoms. The van der Waals surface area contributed by atoms with Crippen LogP contribution in [0, 0.1) is 6.92 Å². The van der Waals surface area contributed by atoms with E-state index >= 15 is 0 Å². The first kappa shape index (κ1) is 28.9. The molecule has 1 unspecified atom stereocenters. The zero-order valence-corrected chi connectivity index (χ0v) is 23.8. The van der Waals surface area contributed by atoms with E-state index in [4.69, 9.17) is 5.73 Å². The van der Waals surface area contributed by atoms with Crippen LogP contribution in [0.1, 0.15) is 42.0 Å². The molecule has 1 aromatic heterocycles. The van der Waals surface area contributed by atoms with E-state index in [1.165, 1.54) is 17.8 Å². The minimum Gasteiger partial charge on any atom is -0.368 e. The fourth-order valence-electron chi connectivity index (χ4n) is 5.27. The third kappa shape index (κ3) is 6.18. The largest absolute Gasteiger partial charge is 0.416 e. The molecular weight excluding hydrogens is 553 g/mol. The number of likely N-dealkylation sites (tertiary alicyclic amines) is 1. The lowest BCUT2D eigenvalue weighted by atomic mass is 10.0. The number of aryl methyl sites for hydroxylation is 1. The number of alkyl halides is 3. The molecule has 3 heterocycles. The van der Waals surface area contributed by atoms with E-state index in [9.17, 15) is 22.8 Å². The molecule has 3 aromatic rings. The number of rotatable bonds is 6. The van der Waals surface area contributed by atoms with Gasteiger partial charge in [0.15, 0.2) is 5.17 Å². The van der Waals surface area contributed by atoms with Crippen molar-refractivity contribution in [3.05, 3.63) is 69.8 Å². The van der Waals surface area contributed by atoms with Crippen LogP contribution in [0.3, 0.4) is 0 Å². The number of carbonyl (C=O) groups excluding carboxylic acids is 2. The molecule has 1 atom stereocenters. The highest BCUT2D eigenvalue weighted by molar-refractivity contribution is 8.18. The van der Waals surface area contributed by atoms with Gasteiger partial charge in [-0.25, -0.2) is 0 Å². The molecular formula is C29H31F3N6O2S. The Morgan fingerprint density at radius 3 is 2.63 bits per heavy atom. The van der Waals surface area contributed by atoms with Crippen LogP contribution in [0.5, 0.6) is 0 Å². The predicted molar refractivity (Wildman–Crippen MR) is 154 cm³/mol. The summed E-state index contributed by atoms with van der Waals surface area (Å²) < 4.78 is 42.4. The molecule has 2 N–H and O–H groups in total. The van der Waals surface area contributed by atoms with Crippen molar-refractivity contribution in [2.75, 3.05) is 20.1 Å². The highest BCUT2D eigenvalue weighted by Crippen LogP contribution is 2.34. The number of aromatic nitrogens is 2. The fraction of sp³-hybridized carbons (Fsp3) is 0.379. The van der Waals surface area contributed by atoms with E-state index in [-0.39, 0.29) is 36.0 Å². The van der Waals surface area contributed by atoms with Crippen LogP contribution >= 0.6 is 11.8 Å². The third-order valence-corrected chi connectivity index (χ3v) is 8.85. The monoisotopic (exact) mass is 584 g/mol. The number of hydrogen-bond donors (Lipinski definition) is 1. The minimum absolute atomic E-state index is 0.0166. The van der Waals surface area contributed by atoms with Crippen molar-refractivity contribution in [3.63, 3.8) is 0 Å². The van der Waals surface area contributed by atoms with Crippen molar-refractivity contribution >= 4 is 45.7 Å². The van der Waals surface area contributed by atoms with Crippen LogP contribution in [-0.4, -0.2) is 68.8 Å². The van der Waals surface area contributed by atoms with Crippen molar-refractivity contribution < 1.29 is 22.8 Å². The lowest BCUT2D eigenvalue weighted by Crippen LogP contribution is -2.50. The van der Waals surface area contributed by atoms with E-state index in [1.807, 2.05) is 31.0 Å². The number of primary amides is 1. The number of nitrogens with two attached hydrogens (primary N) is 1. The average molecular weight is 585 g/mol. The van der Waals surface area contributed by atoms with Gasteiger partial charge < -0.3 is 10.6 Å². The number of aliphatic imine (C=N–C) groups is 1. The lowest BCUT2D eigenvalue weighted by Gasteiger charge is -2.38. The molecule has 0 aliphatic carbocycles. The summed E-state index contributed by atoms with van der Waals surface area (Å²) in [7, 11) is 1.93. The summed E-state index contributed by atoms with van der Waals surface area (Å²) in [5, 5.41) is 5.72. The van der Waals surface area contributed by atoms with Crippen molar-refractivity contribution in [3.8, 4) is 0 Å². The summed E-state index contributed by atoms with van der Waals surface area (Å²) in [6.07, 6.45) is 0.588. The van der Waals surface area contributed by atoms with Gasteiger partial charge in [0.25, 0.3) is 5.91 Å². The molecule has 5 rings (SSSR count). The normalized spacial score (nSPS) is 18.7. The Morgan fingerprint density at radius 2 is 1.95 bits per heavy atom. The molecule has 12 heteroatoms. The zero-order valence-electron chi connectivity index (χ0n) is 23.0. The Labute approximate surface area is 240 Å². The van der Waals surface area contributed by atoms with Crippen molar-refractivity contribution in [2.45, 2.75) is 51.5 Å². The van der Waals surface area contributed by atoms with Gasteiger partial charge in [0.1, 0.15) is 0 Å². The van der Waals surface area contributed by atoms with Crippen molar-refractivity contribution in [1.29, 1.82) is 0 Å². The van der Waals surface area contributed by atoms with E-state index < -0.39 is 11.7 Å². The SMILES string of the molecule is Cc1ccc(Cn2ncc3cc(/C=C4\SC(N(C)C5CCN(C(C)C(N)=O)CC5)=NC4=O)ccc32)c(C(F)(F)F)c1. The molecule has 2 amide bonds. The van der Waals surface area contributed by atoms with Crippen LogP contribution in [-0.2, 0) is 22.3 Å². The van der Waals surface area contributed by atoms with Gasteiger partial charge >= 0.3 is 6.18 Å². The molecule has 216 valence electrons. The number of benzene rings is 2. The molecule has 0 bridgehead atoms. The van der Waals surface area contributed by atoms with Gasteiger partial charge in [0, 0.05) is 31.6 Å². The molecule has 2 aliphatic rings. The van der Waals surface area contributed by atoms with Crippen LogP contribution in [0.2, 0.25) is 0 Å². The predicted octanol–water partition coefficient (Wildman–Crippen LogP) is 4.65. The summed E-state index contributed by atoms with van der Waals surface area (Å²) in [5.41, 5.74) is 6.94. The molecule has 1 saturated heterocycles. The van der Waals surface area contributed by atoms with Crippen LogP contribution in [0.4, 0.5) is 13.2 Å². The smallest absolute Gasteiger partial charge is 0.368 e. The maximum Gasteiger partial charge on any atom is 0.416 e. The van der Waals surface area contributed by atoms with E-state index in [0.29, 0.717) is 21.2 Å². The molecule has 41 heavy (non-hydrogen) atoms. The van der Waals surface area contributed by atoms with Crippen molar-refractivity contribution in [2.24, 2.45) is 10.7 Å². The van der Waals surface area contributed by atoms with Crippen LogP contribution < -0.4 is 5.73 Å². The summed E-state index contributed by atoms with van der Waals surface area (Å²) in [4.78, 5) is 33.1. The molecule has 2 aliphatic heterocycles. The second kappa shape index (κ2) is 11.3. The number of fused-ring (bicyclic) bond motifs is 1. The van der Waals surface area contributed by atoms with Crippen LogP contribution in [0.15, 0.2) is 52.5 Å². The summed E-state index contributed by atoms with van der Waals surface area (Å²) >= 11 is 1.32. The first-order chi connectivity index (χ1) is 19.4. The van der Waals surface area contributed by atoms with Gasteiger partial charge in [-0.15, -0.1) is 0 Å². The summed E-state index contributed by atoms with van der Waals surface area (Å²) in [6.45, 7) is 4.91. The van der Waals surface area contributed by atoms with E-state index in [2.05, 4.69) is 15.0 Å². The van der Waals surface area contributed by atoms with Gasteiger partial charge in [-0.2, -0.15) is 23.3 Å². The molecule has 1 fully saturated rings. The number of amidine groups is 1. The summed E-state index contributed by atoms with van der Waals surface area (Å²) in [5.74, 6) is -0.647. The van der Waals surface area contributed by atoms with Gasteiger partial charge in [-0.3, -0.25) is 19.2 Å². The molecule has 0 radical (unpaired) electrons. The van der Waals surface area contributed by atoms with Gasteiger partial charge in [-0.1, -0.05) is 23.8 Å². The minimum atomic E-state index is -4.45. The van der Waals surface area contributed by atoms with Gasteiger partial charge in [0.2, 0.25) is 5.91 Å². The van der Waals surface area contributed by atoms with E-state index in [1.54, 1.807) is 36.0 Å². The Balaban J connectivity index is 1.27. The Morgan fingerprint density at radius 1 is 1.22 bits per heavy atom. The lowest BCUT2D eigenvalue weighted by molar-refractivity contribution is -0.138. The number of thioether (sulfide) groups is 1. The second-order valence-corrected chi connectivity index (χ2v) is 11.6.